The van der Waals surface area contributed by atoms with Crippen LogP contribution >= 0.6 is 0 Å². The Bertz CT molecular complexity index is 582. The molecule has 0 aromatic heterocycles. The monoisotopic (exact) mass is 411 g/mol. The van der Waals surface area contributed by atoms with E-state index in [4.69, 9.17) is 0 Å². The van der Waals surface area contributed by atoms with Crippen molar-refractivity contribution in [2.24, 2.45) is 5.41 Å². The third-order valence-corrected chi connectivity index (χ3v) is 4.33. The Hall–Kier alpha value is -2.09. The second-order valence-electron chi connectivity index (χ2n) is 8.61. The van der Waals surface area contributed by atoms with Crippen molar-refractivity contribution in [3.63, 3.8) is 0 Å². The lowest BCUT2D eigenvalue weighted by Gasteiger charge is -2.17. The average molecular weight is 412 g/mol. The second-order valence-corrected chi connectivity index (χ2v) is 8.61. The van der Waals surface area contributed by atoms with Gasteiger partial charge in [-0.05, 0) is 56.8 Å². The van der Waals surface area contributed by atoms with Gasteiger partial charge in [-0.25, -0.2) is 0 Å². The van der Waals surface area contributed by atoms with Gasteiger partial charge in [0.05, 0.1) is 0 Å². The molecule has 0 rings (SSSR count). The van der Waals surface area contributed by atoms with E-state index in [1.54, 1.807) is 0 Å². The molecule has 0 radical (unpaired) electrons. The molecular weight excluding hydrogens is 366 g/mol. The van der Waals surface area contributed by atoms with E-state index < -0.39 is 0 Å². The third-order valence-electron chi connectivity index (χ3n) is 4.33. The predicted octanol–water partition coefficient (Wildman–Crippen LogP) is 8.02. The molecule has 0 aliphatic rings. The second kappa shape index (κ2) is 20.2. The van der Waals surface area contributed by atoms with Crippen LogP contribution in [0.1, 0.15) is 85.5 Å². The van der Waals surface area contributed by atoms with E-state index in [1.807, 2.05) is 0 Å². The van der Waals surface area contributed by atoms with Gasteiger partial charge in [0.15, 0.2) is 0 Å². The van der Waals surface area contributed by atoms with Crippen LogP contribution in [0, 0.1) is 5.41 Å². The average Bonchev–Trinajstić information content (AvgIpc) is 2.68. The van der Waals surface area contributed by atoms with Crippen molar-refractivity contribution >= 4 is 5.91 Å². The molecule has 2 nitrogen and oxygen atoms in total. The van der Waals surface area contributed by atoms with Gasteiger partial charge in [0.25, 0.3) is 0 Å². The van der Waals surface area contributed by atoms with Gasteiger partial charge in [-0.15, -0.1) is 0 Å². The molecule has 0 saturated carbocycles. The van der Waals surface area contributed by atoms with Crippen LogP contribution in [0.2, 0.25) is 0 Å². The summed E-state index contributed by atoms with van der Waals surface area (Å²) in [7, 11) is 0. The fourth-order valence-corrected chi connectivity index (χ4v) is 2.52. The van der Waals surface area contributed by atoms with Gasteiger partial charge in [0, 0.05) is 13.0 Å². The summed E-state index contributed by atoms with van der Waals surface area (Å²) < 4.78 is 0. The summed E-state index contributed by atoms with van der Waals surface area (Å²) in [5.41, 5.74) is 0.272. The first-order valence-corrected chi connectivity index (χ1v) is 11.6. The first-order chi connectivity index (χ1) is 14.5. The van der Waals surface area contributed by atoms with Crippen molar-refractivity contribution in [1.82, 2.24) is 5.32 Å². The number of carbonyl (C=O) groups is 1. The number of amides is 1. The van der Waals surface area contributed by atoms with E-state index in [1.165, 1.54) is 0 Å². The largest absolute Gasteiger partial charge is 0.356 e. The summed E-state index contributed by atoms with van der Waals surface area (Å²) in [6.07, 6.45) is 34.8. The van der Waals surface area contributed by atoms with Crippen LogP contribution in [0.3, 0.4) is 0 Å². The molecule has 168 valence electrons. The summed E-state index contributed by atoms with van der Waals surface area (Å²) >= 11 is 0. The lowest BCUT2D eigenvalue weighted by atomic mass is 9.92. The number of carbonyl (C=O) groups excluding carboxylic acids is 1. The van der Waals surface area contributed by atoms with Crippen LogP contribution in [0.5, 0.6) is 0 Å². The first-order valence-electron chi connectivity index (χ1n) is 11.6. The molecule has 0 atom stereocenters. The Balaban J connectivity index is 3.60. The summed E-state index contributed by atoms with van der Waals surface area (Å²) in [5, 5.41) is 2.99. The quantitative estimate of drug-likeness (QED) is 0.256. The third kappa shape index (κ3) is 23.9. The minimum absolute atomic E-state index is 0.152. The highest BCUT2D eigenvalue weighted by molar-refractivity contribution is 5.75. The van der Waals surface area contributed by atoms with E-state index in [0.29, 0.717) is 6.42 Å². The minimum Gasteiger partial charge on any atom is -0.356 e. The van der Waals surface area contributed by atoms with E-state index >= 15 is 0 Å². The molecule has 2 heteroatoms. The molecule has 0 fully saturated rings. The molecular formula is C28H45NO. The van der Waals surface area contributed by atoms with Crippen molar-refractivity contribution in [2.75, 3.05) is 6.54 Å². The van der Waals surface area contributed by atoms with Gasteiger partial charge in [-0.3, -0.25) is 4.79 Å². The van der Waals surface area contributed by atoms with Crippen LogP contribution in [0.15, 0.2) is 72.9 Å². The van der Waals surface area contributed by atoms with Gasteiger partial charge in [0.2, 0.25) is 5.91 Å². The van der Waals surface area contributed by atoms with Crippen LogP contribution in [-0.4, -0.2) is 12.5 Å². The Labute approximate surface area is 186 Å². The molecule has 0 bridgehead atoms. The maximum absolute atomic E-state index is 11.7. The molecule has 1 amide bonds. The zero-order valence-electron chi connectivity index (χ0n) is 19.9. The van der Waals surface area contributed by atoms with E-state index in [2.05, 4.69) is 106 Å². The zero-order valence-corrected chi connectivity index (χ0v) is 19.9. The fraction of sp³-hybridized carbons (Fsp3) is 0.536. The molecule has 0 spiro atoms. The highest BCUT2D eigenvalue weighted by atomic mass is 16.1. The summed E-state index contributed by atoms with van der Waals surface area (Å²) in [5.74, 6) is 0.152. The van der Waals surface area contributed by atoms with Crippen molar-refractivity contribution in [2.45, 2.75) is 85.5 Å². The summed E-state index contributed by atoms with van der Waals surface area (Å²) in [6.45, 7) is 9.50. The Kier molecular flexibility index (Phi) is 18.8. The zero-order chi connectivity index (χ0) is 22.3. The number of allylic oxidation sites excluding steroid dienone is 12. The lowest BCUT2D eigenvalue weighted by Crippen LogP contribution is -2.26. The fourth-order valence-electron chi connectivity index (χ4n) is 2.52. The Morgan fingerprint density at radius 1 is 0.667 bits per heavy atom. The first kappa shape index (κ1) is 27.9. The smallest absolute Gasteiger partial charge is 0.220 e. The lowest BCUT2D eigenvalue weighted by molar-refractivity contribution is -0.121. The molecule has 0 unspecified atom stereocenters. The van der Waals surface area contributed by atoms with Crippen molar-refractivity contribution in [1.29, 1.82) is 0 Å². The summed E-state index contributed by atoms with van der Waals surface area (Å²) in [4.78, 5) is 11.7. The van der Waals surface area contributed by atoms with Crippen LogP contribution in [0.25, 0.3) is 0 Å². The van der Waals surface area contributed by atoms with E-state index in [-0.39, 0.29) is 11.3 Å². The summed E-state index contributed by atoms with van der Waals surface area (Å²) in [6, 6.07) is 0. The molecule has 0 heterocycles. The molecule has 30 heavy (non-hydrogen) atoms. The normalized spacial score (nSPS) is 13.3. The SMILES string of the molecule is CC/C=C\C/C=C\C/C=C\C/C=C\C/C=C\C/C=C\CCC(=O)NCCC(C)(C)C. The molecule has 0 aromatic carbocycles. The molecule has 0 saturated heterocycles. The van der Waals surface area contributed by atoms with Crippen molar-refractivity contribution in [3.8, 4) is 0 Å². The number of hydrogen-bond acceptors (Lipinski definition) is 1. The Morgan fingerprint density at radius 2 is 1.07 bits per heavy atom. The number of nitrogens with one attached hydrogen (secondary N) is 1. The van der Waals surface area contributed by atoms with Crippen molar-refractivity contribution < 1.29 is 4.79 Å². The van der Waals surface area contributed by atoms with E-state index in [9.17, 15) is 4.79 Å². The van der Waals surface area contributed by atoms with Crippen LogP contribution < -0.4 is 5.32 Å². The number of hydrogen-bond donors (Lipinski definition) is 1. The number of rotatable bonds is 16. The highest BCUT2D eigenvalue weighted by Crippen LogP contribution is 2.16. The van der Waals surface area contributed by atoms with Crippen LogP contribution in [-0.2, 0) is 4.79 Å². The van der Waals surface area contributed by atoms with Gasteiger partial charge in [0.1, 0.15) is 0 Å². The Morgan fingerprint density at radius 3 is 1.47 bits per heavy atom. The van der Waals surface area contributed by atoms with Gasteiger partial charge in [-0.1, -0.05) is 101 Å². The van der Waals surface area contributed by atoms with E-state index in [0.717, 1.165) is 57.9 Å². The molecule has 0 aliphatic heterocycles. The van der Waals surface area contributed by atoms with Crippen LogP contribution in [0.4, 0.5) is 0 Å². The molecule has 0 aromatic rings. The minimum atomic E-state index is 0.152. The van der Waals surface area contributed by atoms with Gasteiger partial charge in [-0.2, -0.15) is 0 Å². The van der Waals surface area contributed by atoms with Crippen molar-refractivity contribution in [3.05, 3.63) is 72.9 Å². The van der Waals surface area contributed by atoms with Gasteiger partial charge < -0.3 is 5.32 Å². The van der Waals surface area contributed by atoms with Gasteiger partial charge >= 0.3 is 0 Å². The topological polar surface area (TPSA) is 29.1 Å². The predicted molar refractivity (Wildman–Crippen MR) is 135 cm³/mol. The molecule has 1 N–H and O–H groups in total. The standard InChI is InChI=1S/C28H45NO/c1-5-6-7-8-9-10-11-12-13-14-15-16-17-18-19-20-21-22-23-24-27(30)29-26-25-28(2,3)4/h6-7,9-10,12-13,15-16,18-19,21-22H,5,8,11,14,17,20,23-26H2,1-4H3,(H,29,30)/b7-6-,10-9-,13-12-,16-15-,19-18-,22-21-. The highest BCUT2D eigenvalue weighted by Gasteiger charge is 2.09. The molecule has 0 aliphatic carbocycles. The maximum atomic E-state index is 11.7. The maximum Gasteiger partial charge on any atom is 0.220 e.